The minimum atomic E-state index is -4.98. The quantitative estimate of drug-likeness (QED) is 0.449. The lowest BCUT2D eigenvalue weighted by Gasteiger charge is -2.23. The standard InChI is InChI=1S/C23H21F6N3O/c24-22(25,26)16-7-5-6-14-15(12-20(23(27,28)29)31-21(14)16)19(33)13-30-17-8-1-2-9-18(17)32-10-3-4-11-32/h1-2,5-9,12,19,30,33H,3-4,10-11,13H2. The predicted molar refractivity (Wildman–Crippen MR) is 113 cm³/mol. The van der Waals surface area contributed by atoms with Crippen molar-refractivity contribution in [3.8, 4) is 0 Å². The van der Waals surface area contributed by atoms with Crippen molar-refractivity contribution in [2.45, 2.75) is 31.3 Å². The fraction of sp³-hybridized carbons (Fsp3) is 0.348. The number of halogens is 6. The topological polar surface area (TPSA) is 48.4 Å². The number of nitrogens with one attached hydrogen (secondary N) is 1. The van der Waals surface area contributed by atoms with Crippen LogP contribution in [0.15, 0.2) is 48.5 Å². The highest BCUT2D eigenvalue weighted by molar-refractivity contribution is 5.86. The van der Waals surface area contributed by atoms with Gasteiger partial charge in [-0.15, -0.1) is 0 Å². The summed E-state index contributed by atoms with van der Waals surface area (Å²) in [5.74, 6) is 0. The van der Waals surface area contributed by atoms with Crippen molar-refractivity contribution in [2.24, 2.45) is 0 Å². The van der Waals surface area contributed by atoms with Crippen LogP contribution >= 0.6 is 0 Å². The van der Waals surface area contributed by atoms with Crippen LogP contribution in [0, 0.1) is 0 Å². The average Bonchev–Trinajstić information content (AvgIpc) is 3.30. The minimum Gasteiger partial charge on any atom is -0.387 e. The van der Waals surface area contributed by atoms with Crippen molar-refractivity contribution in [1.29, 1.82) is 0 Å². The number of aliphatic hydroxyl groups excluding tert-OH is 1. The van der Waals surface area contributed by atoms with Crippen molar-refractivity contribution < 1.29 is 31.4 Å². The van der Waals surface area contributed by atoms with Crippen LogP contribution in [0.5, 0.6) is 0 Å². The van der Waals surface area contributed by atoms with Gasteiger partial charge in [-0.1, -0.05) is 24.3 Å². The van der Waals surface area contributed by atoms with Gasteiger partial charge in [0.25, 0.3) is 0 Å². The average molecular weight is 469 g/mol. The SMILES string of the molecule is OC(CNc1ccccc1N1CCCC1)c1cc(C(F)(F)F)nc2c(C(F)(F)F)cccc12. The molecule has 176 valence electrons. The molecule has 4 nitrogen and oxygen atoms in total. The number of aliphatic hydroxyl groups is 1. The normalized spacial score (nSPS) is 15.8. The van der Waals surface area contributed by atoms with Crippen LogP contribution in [0.4, 0.5) is 37.7 Å². The van der Waals surface area contributed by atoms with Crippen LogP contribution in [-0.2, 0) is 12.4 Å². The van der Waals surface area contributed by atoms with Crippen LogP contribution in [0.2, 0.25) is 0 Å². The summed E-state index contributed by atoms with van der Waals surface area (Å²) in [6, 6.07) is 10.9. The Hall–Kier alpha value is -3.01. The summed E-state index contributed by atoms with van der Waals surface area (Å²) in [5.41, 5.74) is -2.30. The summed E-state index contributed by atoms with van der Waals surface area (Å²) in [4.78, 5) is 5.42. The van der Waals surface area contributed by atoms with E-state index in [1.165, 1.54) is 6.07 Å². The maximum atomic E-state index is 13.4. The highest BCUT2D eigenvalue weighted by atomic mass is 19.4. The molecular weight excluding hydrogens is 448 g/mol. The molecule has 0 bridgehead atoms. The Morgan fingerprint density at radius 3 is 2.30 bits per heavy atom. The summed E-state index contributed by atoms with van der Waals surface area (Å²) in [5, 5.41) is 13.6. The van der Waals surface area contributed by atoms with E-state index in [1.807, 2.05) is 12.1 Å². The van der Waals surface area contributed by atoms with Gasteiger partial charge in [0.05, 0.1) is 28.6 Å². The van der Waals surface area contributed by atoms with E-state index >= 15 is 0 Å². The number of aromatic nitrogens is 1. The van der Waals surface area contributed by atoms with Gasteiger partial charge in [0.15, 0.2) is 0 Å². The van der Waals surface area contributed by atoms with E-state index < -0.39 is 35.2 Å². The third-order valence-corrected chi connectivity index (χ3v) is 5.66. The highest BCUT2D eigenvalue weighted by Crippen LogP contribution is 2.39. The molecule has 2 aromatic carbocycles. The zero-order chi connectivity index (χ0) is 23.8. The largest absolute Gasteiger partial charge is 0.433 e. The molecule has 1 aliphatic rings. The zero-order valence-electron chi connectivity index (χ0n) is 17.3. The van der Waals surface area contributed by atoms with Crippen molar-refractivity contribution in [3.05, 3.63) is 65.4 Å². The number of para-hydroxylation sites is 3. The molecule has 2 heterocycles. The van der Waals surface area contributed by atoms with Gasteiger partial charge < -0.3 is 15.3 Å². The number of benzene rings is 2. The van der Waals surface area contributed by atoms with Crippen molar-refractivity contribution in [3.63, 3.8) is 0 Å². The van der Waals surface area contributed by atoms with E-state index in [4.69, 9.17) is 0 Å². The molecule has 0 aliphatic carbocycles. The Balaban J connectivity index is 1.71. The summed E-state index contributed by atoms with van der Waals surface area (Å²) < 4.78 is 80.6. The first-order valence-electron chi connectivity index (χ1n) is 10.4. The number of pyridine rings is 1. The van der Waals surface area contributed by atoms with Gasteiger partial charge >= 0.3 is 12.4 Å². The molecule has 1 saturated heterocycles. The number of anilines is 2. The van der Waals surface area contributed by atoms with E-state index in [0.717, 1.165) is 37.7 Å². The Bertz CT molecular complexity index is 1140. The Kier molecular flexibility index (Phi) is 6.13. The molecule has 10 heteroatoms. The molecule has 2 N–H and O–H groups in total. The number of hydrogen-bond donors (Lipinski definition) is 2. The van der Waals surface area contributed by atoms with Gasteiger partial charge in [-0.25, -0.2) is 4.98 Å². The van der Waals surface area contributed by atoms with Gasteiger partial charge in [0.1, 0.15) is 5.69 Å². The number of fused-ring (bicyclic) bond motifs is 1. The molecule has 4 rings (SSSR count). The smallest absolute Gasteiger partial charge is 0.387 e. The maximum Gasteiger partial charge on any atom is 0.433 e. The van der Waals surface area contributed by atoms with Crippen LogP contribution in [0.3, 0.4) is 0 Å². The number of rotatable bonds is 5. The molecule has 1 atom stereocenters. The van der Waals surface area contributed by atoms with E-state index in [2.05, 4.69) is 15.2 Å². The van der Waals surface area contributed by atoms with Crippen LogP contribution in [-0.4, -0.2) is 29.7 Å². The molecule has 1 unspecified atom stereocenters. The second-order valence-corrected chi connectivity index (χ2v) is 7.90. The molecule has 1 aromatic heterocycles. The highest BCUT2D eigenvalue weighted by Gasteiger charge is 2.38. The molecular formula is C23H21F6N3O. The molecule has 1 fully saturated rings. The molecule has 0 spiro atoms. The lowest BCUT2D eigenvalue weighted by Crippen LogP contribution is -2.21. The summed E-state index contributed by atoms with van der Waals surface area (Å²) in [6.07, 6.45) is -9.29. The van der Waals surface area contributed by atoms with Crippen LogP contribution < -0.4 is 10.2 Å². The number of hydrogen-bond acceptors (Lipinski definition) is 4. The predicted octanol–water partition coefficient (Wildman–Crippen LogP) is 6.02. The monoisotopic (exact) mass is 469 g/mol. The summed E-state index contributed by atoms with van der Waals surface area (Å²) >= 11 is 0. The Morgan fingerprint density at radius 2 is 1.64 bits per heavy atom. The second-order valence-electron chi connectivity index (χ2n) is 7.90. The molecule has 0 amide bonds. The second kappa shape index (κ2) is 8.74. The first kappa shape index (κ1) is 23.2. The molecule has 0 radical (unpaired) electrons. The van der Waals surface area contributed by atoms with Crippen LogP contribution in [0.25, 0.3) is 10.9 Å². The summed E-state index contributed by atoms with van der Waals surface area (Å²) in [6.45, 7) is 1.54. The molecule has 3 aromatic rings. The number of nitrogens with zero attached hydrogens (tertiary/aromatic N) is 2. The van der Waals surface area contributed by atoms with Gasteiger partial charge in [0.2, 0.25) is 0 Å². The maximum absolute atomic E-state index is 13.4. The van der Waals surface area contributed by atoms with Gasteiger partial charge in [-0.2, -0.15) is 26.3 Å². The number of alkyl halides is 6. The Labute approximate surface area is 185 Å². The lowest BCUT2D eigenvalue weighted by molar-refractivity contribution is -0.142. The molecule has 1 aliphatic heterocycles. The van der Waals surface area contributed by atoms with Crippen molar-refractivity contribution in [2.75, 3.05) is 29.9 Å². The van der Waals surface area contributed by atoms with E-state index in [1.54, 1.807) is 12.1 Å². The summed E-state index contributed by atoms with van der Waals surface area (Å²) in [7, 11) is 0. The zero-order valence-corrected chi connectivity index (χ0v) is 17.3. The minimum absolute atomic E-state index is 0.181. The fourth-order valence-corrected chi connectivity index (χ4v) is 4.10. The third-order valence-electron chi connectivity index (χ3n) is 5.66. The van der Waals surface area contributed by atoms with E-state index in [0.29, 0.717) is 17.8 Å². The van der Waals surface area contributed by atoms with E-state index in [-0.39, 0.29) is 17.5 Å². The van der Waals surface area contributed by atoms with Gasteiger partial charge in [0, 0.05) is 25.0 Å². The molecule has 33 heavy (non-hydrogen) atoms. The first-order chi connectivity index (χ1) is 15.6. The first-order valence-corrected chi connectivity index (χ1v) is 10.4. The van der Waals surface area contributed by atoms with Gasteiger partial charge in [-0.3, -0.25) is 0 Å². The van der Waals surface area contributed by atoms with Gasteiger partial charge in [-0.05, 0) is 42.7 Å². The van der Waals surface area contributed by atoms with Crippen molar-refractivity contribution in [1.82, 2.24) is 4.98 Å². The lowest BCUT2D eigenvalue weighted by atomic mass is 9.99. The van der Waals surface area contributed by atoms with Crippen molar-refractivity contribution >= 4 is 22.3 Å². The Morgan fingerprint density at radius 1 is 0.939 bits per heavy atom. The fourth-order valence-electron chi connectivity index (χ4n) is 4.10. The molecule has 0 saturated carbocycles. The van der Waals surface area contributed by atoms with E-state index in [9.17, 15) is 31.4 Å². The third kappa shape index (κ3) is 4.85. The van der Waals surface area contributed by atoms with Crippen LogP contribution in [0.1, 0.15) is 35.8 Å².